The lowest BCUT2D eigenvalue weighted by Crippen LogP contribution is -2.54. The molecule has 0 radical (unpaired) electrons. The Labute approximate surface area is 203 Å². The summed E-state index contributed by atoms with van der Waals surface area (Å²) in [6.07, 6.45) is 1.27. The standard InChI is InChI=1S/C23H16ClN3O6S/c1-2-32-15-5-3-4-13(10-15)26-22(29)18(21(28)25-23(26)34)12-16-7-9-20(33-16)17-11-14(27(30)31)6-8-19(17)24/h3-12H,2H2,1H3,(H,25,28,34)/b18-12+. The SMILES string of the molecule is CCOc1cccc(N2C(=O)/C(=C/c3ccc(-c4cc([N+](=O)[O-])ccc4Cl)o3)C(=O)NC2=S)c1. The maximum atomic E-state index is 13.2. The van der Waals surface area contributed by atoms with Crippen molar-refractivity contribution in [2.24, 2.45) is 0 Å². The maximum absolute atomic E-state index is 13.2. The normalized spacial score (nSPS) is 14.9. The highest BCUT2D eigenvalue weighted by molar-refractivity contribution is 7.80. The Bertz CT molecular complexity index is 1370. The third kappa shape index (κ3) is 4.54. The van der Waals surface area contributed by atoms with Crippen molar-refractivity contribution in [2.45, 2.75) is 6.92 Å². The molecule has 3 aromatic rings. The van der Waals surface area contributed by atoms with E-state index in [4.69, 9.17) is 33.0 Å². The highest BCUT2D eigenvalue weighted by atomic mass is 35.5. The van der Waals surface area contributed by atoms with Gasteiger partial charge in [-0.05, 0) is 55.5 Å². The third-order valence-corrected chi connectivity index (χ3v) is 5.44. The first-order valence-corrected chi connectivity index (χ1v) is 10.8. The van der Waals surface area contributed by atoms with Gasteiger partial charge in [-0.2, -0.15) is 0 Å². The molecule has 2 heterocycles. The van der Waals surface area contributed by atoms with Crippen molar-refractivity contribution in [3.8, 4) is 17.1 Å². The molecular formula is C23H16ClN3O6S. The van der Waals surface area contributed by atoms with Crippen LogP contribution in [0.4, 0.5) is 11.4 Å². The quantitative estimate of drug-likeness (QED) is 0.172. The first-order valence-electron chi connectivity index (χ1n) is 9.97. The Morgan fingerprint density at radius 2 is 2.00 bits per heavy atom. The number of non-ortho nitro benzene ring substituents is 1. The molecule has 0 aliphatic carbocycles. The summed E-state index contributed by atoms with van der Waals surface area (Å²) in [5.74, 6) is -0.372. The van der Waals surface area contributed by atoms with Gasteiger partial charge < -0.3 is 9.15 Å². The molecule has 34 heavy (non-hydrogen) atoms. The van der Waals surface area contributed by atoms with Gasteiger partial charge in [-0.1, -0.05) is 17.7 Å². The molecule has 172 valence electrons. The lowest BCUT2D eigenvalue weighted by atomic mass is 10.1. The molecule has 1 fully saturated rings. The van der Waals surface area contributed by atoms with Crippen molar-refractivity contribution < 1.29 is 23.7 Å². The summed E-state index contributed by atoms with van der Waals surface area (Å²) in [5.41, 5.74) is 0.364. The number of ether oxygens (including phenoxy) is 1. The number of carbonyl (C=O) groups is 2. The van der Waals surface area contributed by atoms with Crippen molar-refractivity contribution in [3.05, 3.63) is 81.1 Å². The van der Waals surface area contributed by atoms with Gasteiger partial charge in [-0.3, -0.25) is 29.9 Å². The Morgan fingerprint density at radius 1 is 1.21 bits per heavy atom. The van der Waals surface area contributed by atoms with E-state index in [1.807, 2.05) is 6.92 Å². The fourth-order valence-corrected chi connectivity index (χ4v) is 3.80. The van der Waals surface area contributed by atoms with Gasteiger partial charge in [0.15, 0.2) is 5.11 Å². The number of anilines is 1. The molecule has 1 N–H and O–H groups in total. The number of hydrogen-bond acceptors (Lipinski definition) is 7. The third-order valence-electron chi connectivity index (χ3n) is 4.83. The van der Waals surface area contributed by atoms with Gasteiger partial charge in [-0.15, -0.1) is 0 Å². The van der Waals surface area contributed by atoms with E-state index in [0.29, 0.717) is 23.6 Å². The second-order valence-corrected chi connectivity index (χ2v) is 7.81. The second-order valence-electron chi connectivity index (χ2n) is 7.01. The molecule has 9 nitrogen and oxygen atoms in total. The Hall–Kier alpha value is -4.02. The number of carbonyl (C=O) groups excluding carboxylic acids is 2. The number of benzene rings is 2. The maximum Gasteiger partial charge on any atom is 0.270 e. The number of furan rings is 1. The summed E-state index contributed by atoms with van der Waals surface area (Å²) in [5, 5.41) is 13.8. The van der Waals surface area contributed by atoms with Crippen LogP contribution in [-0.4, -0.2) is 28.5 Å². The number of rotatable bonds is 6. The topological polar surface area (TPSA) is 115 Å². The highest BCUT2D eigenvalue weighted by Crippen LogP contribution is 2.33. The molecule has 0 atom stereocenters. The predicted octanol–water partition coefficient (Wildman–Crippen LogP) is 4.74. The monoisotopic (exact) mass is 497 g/mol. The van der Waals surface area contributed by atoms with Crippen LogP contribution >= 0.6 is 23.8 Å². The van der Waals surface area contributed by atoms with E-state index in [-0.39, 0.29) is 32.9 Å². The minimum Gasteiger partial charge on any atom is -0.494 e. The van der Waals surface area contributed by atoms with Crippen LogP contribution in [0.25, 0.3) is 17.4 Å². The number of nitrogens with zero attached hydrogens (tertiary/aromatic N) is 2. The molecule has 11 heteroatoms. The zero-order valence-corrected chi connectivity index (χ0v) is 19.2. The zero-order chi connectivity index (χ0) is 24.4. The largest absolute Gasteiger partial charge is 0.494 e. The van der Waals surface area contributed by atoms with Crippen LogP contribution in [0.5, 0.6) is 5.75 Å². The molecule has 4 rings (SSSR count). The van der Waals surface area contributed by atoms with Crippen molar-refractivity contribution in [3.63, 3.8) is 0 Å². The van der Waals surface area contributed by atoms with Crippen LogP contribution in [0.1, 0.15) is 12.7 Å². The minimum atomic E-state index is -0.682. The lowest BCUT2D eigenvalue weighted by molar-refractivity contribution is -0.384. The van der Waals surface area contributed by atoms with E-state index < -0.39 is 16.7 Å². The van der Waals surface area contributed by atoms with Crippen LogP contribution in [-0.2, 0) is 9.59 Å². The number of hydrogen-bond donors (Lipinski definition) is 1. The Balaban J connectivity index is 1.68. The van der Waals surface area contributed by atoms with E-state index in [1.54, 1.807) is 24.3 Å². The van der Waals surface area contributed by atoms with E-state index in [0.717, 1.165) is 0 Å². The predicted molar refractivity (Wildman–Crippen MR) is 130 cm³/mol. The molecular weight excluding hydrogens is 482 g/mol. The van der Waals surface area contributed by atoms with Gasteiger partial charge >= 0.3 is 0 Å². The fourth-order valence-electron chi connectivity index (χ4n) is 3.30. The lowest BCUT2D eigenvalue weighted by Gasteiger charge is -2.29. The summed E-state index contributed by atoms with van der Waals surface area (Å²) in [6.45, 7) is 2.28. The summed E-state index contributed by atoms with van der Waals surface area (Å²) >= 11 is 11.4. The molecule has 1 aliphatic rings. The fraction of sp³-hybridized carbons (Fsp3) is 0.0870. The number of amides is 2. The number of thiocarbonyl (C=S) groups is 1. The van der Waals surface area contributed by atoms with Crippen molar-refractivity contribution in [1.82, 2.24) is 5.32 Å². The Kier molecular flexibility index (Phi) is 6.44. The van der Waals surface area contributed by atoms with Crippen LogP contribution in [0.3, 0.4) is 0 Å². The van der Waals surface area contributed by atoms with Gasteiger partial charge in [-0.25, -0.2) is 0 Å². The van der Waals surface area contributed by atoms with Gasteiger partial charge in [0, 0.05) is 23.8 Å². The van der Waals surface area contributed by atoms with Crippen LogP contribution in [0, 0.1) is 10.1 Å². The summed E-state index contributed by atoms with van der Waals surface area (Å²) in [6, 6.07) is 13.8. The number of nitro benzene ring substituents is 1. The summed E-state index contributed by atoms with van der Waals surface area (Å²) < 4.78 is 11.2. The molecule has 2 amide bonds. The van der Waals surface area contributed by atoms with Crippen LogP contribution < -0.4 is 15.0 Å². The summed E-state index contributed by atoms with van der Waals surface area (Å²) in [4.78, 5) is 37.5. The molecule has 0 unspecified atom stereocenters. The second kappa shape index (κ2) is 9.46. The number of nitrogens with one attached hydrogen (secondary N) is 1. The summed E-state index contributed by atoms with van der Waals surface area (Å²) in [7, 11) is 0. The first kappa shape index (κ1) is 23.1. The van der Waals surface area contributed by atoms with Gasteiger partial charge in [0.25, 0.3) is 17.5 Å². The molecule has 0 bridgehead atoms. The smallest absolute Gasteiger partial charge is 0.270 e. The van der Waals surface area contributed by atoms with Gasteiger partial charge in [0.2, 0.25) is 0 Å². The van der Waals surface area contributed by atoms with E-state index >= 15 is 0 Å². The number of halogens is 1. The van der Waals surface area contributed by atoms with E-state index in [2.05, 4.69) is 5.32 Å². The van der Waals surface area contributed by atoms with Crippen molar-refractivity contribution in [2.75, 3.05) is 11.5 Å². The highest BCUT2D eigenvalue weighted by Gasteiger charge is 2.35. The molecule has 2 aromatic carbocycles. The average Bonchev–Trinajstić information content (AvgIpc) is 3.25. The van der Waals surface area contributed by atoms with Gasteiger partial charge in [0.05, 0.1) is 22.2 Å². The van der Waals surface area contributed by atoms with Gasteiger partial charge in [0.1, 0.15) is 22.8 Å². The molecule has 0 spiro atoms. The number of nitro groups is 1. The van der Waals surface area contributed by atoms with E-state index in [1.165, 1.54) is 41.3 Å². The molecule has 1 saturated heterocycles. The van der Waals surface area contributed by atoms with Crippen LogP contribution in [0.2, 0.25) is 5.02 Å². The molecule has 1 aromatic heterocycles. The first-order chi connectivity index (χ1) is 16.3. The zero-order valence-electron chi connectivity index (χ0n) is 17.6. The average molecular weight is 498 g/mol. The minimum absolute atomic E-state index is 0.0655. The van der Waals surface area contributed by atoms with Crippen molar-refractivity contribution in [1.29, 1.82) is 0 Å². The van der Waals surface area contributed by atoms with Crippen molar-refractivity contribution >= 4 is 58.2 Å². The molecule has 0 saturated carbocycles. The van der Waals surface area contributed by atoms with E-state index in [9.17, 15) is 19.7 Å². The molecule has 1 aliphatic heterocycles. The Morgan fingerprint density at radius 3 is 2.74 bits per heavy atom. The van der Waals surface area contributed by atoms with Crippen LogP contribution in [0.15, 0.2) is 64.6 Å².